The molecule has 0 saturated heterocycles. The Bertz CT molecular complexity index is 1450. The maximum atomic E-state index is 4.02. The predicted molar refractivity (Wildman–Crippen MR) is 235 cm³/mol. The van der Waals surface area contributed by atoms with E-state index in [9.17, 15) is 0 Å². The quantitative estimate of drug-likeness (QED) is 0.167. The summed E-state index contributed by atoms with van der Waals surface area (Å²) in [6.07, 6.45) is 34.5. The Morgan fingerprint density at radius 3 is 0.885 bits per heavy atom. The van der Waals surface area contributed by atoms with Gasteiger partial charge in [0.05, 0.1) is 0 Å². The molecule has 2 aromatic carbocycles. The van der Waals surface area contributed by atoms with Crippen LogP contribution in [0.4, 0.5) is 0 Å². The van der Waals surface area contributed by atoms with Crippen LogP contribution in [0.15, 0.2) is 54.3 Å². The molecule has 0 spiro atoms. The lowest BCUT2D eigenvalue weighted by Gasteiger charge is -2.81. The zero-order valence-corrected chi connectivity index (χ0v) is 39.3. The van der Waals surface area contributed by atoms with Gasteiger partial charge in [-0.3, -0.25) is 0 Å². The number of unbranched alkanes of at least 4 members (excludes halogenated alkanes) is 4. The van der Waals surface area contributed by atoms with Gasteiger partial charge < -0.3 is 0 Å². The van der Waals surface area contributed by atoms with Gasteiger partial charge in [0.15, 0.2) is 0 Å². The Kier molecular flexibility index (Phi) is 10.6. The molecule has 8 aliphatic carbocycles. The summed E-state index contributed by atoms with van der Waals surface area (Å²) in [4.78, 5) is 0. The molecule has 2 aromatic rings. The van der Waals surface area contributed by atoms with Crippen molar-refractivity contribution >= 4 is 63.7 Å². The van der Waals surface area contributed by atoms with Gasteiger partial charge in [-0.1, -0.05) is 143 Å². The lowest BCUT2D eigenvalue weighted by atomic mass is 9.23. The highest BCUT2D eigenvalue weighted by atomic mass is 79.9. The van der Waals surface area contributed by atoms with Crippen LogP contribution < -0.4 is 0 Å². The molecule has 0 aromatic heterocycles. The van der Waals surface area contributed by atoms with Crippen molar-refractivity contribution in [2.24, 2.45) is 32.5 Å². The van der Waals surface area contributed by atoms with Crippen LogP contribution in [0.2, 0.25) is 0 Å². The minimum atomic E-state index is 0.283. The van der Waals surface area contributed by atoms with E-state index in [0.717, 1.165) is 0 Å². The van der Waals surface area contributed by atoms with E-state index in [4.69, 9.17) is 0 Å². The third-order valence-corrected chi connectivity index (χ3v) is 18.7. The van der Waals surface area contributed by atoms with Crippen LogP contribution in [0.5, 0.6) is 0 Å². The summed E-state index contributed by atoms with van der Waals surface area (Å²) >= 11 is 16.1. The fourth-order valence-electron chi connectivity index (χ4n) is 16.9. The number of hydrogen-bond donors (Lipinski definition) is 0. The lowest BCUT2D eigenvalue weighted by molar-refractivity contribution is -0.288. The van der Waals surface area contributed by atoms with Crippen LogP contribution in [0.3, 0.4) is 0 Å². The molecule has 0 heterocycles. The van der Waals surface area contributed by atoms with Crippen molar-refractivity contribution < 1.29 is 0 Å². The first kappa shape index (κ1) is 39.2. The minimum absolute atomic E-state index is 0.283. The molecule has 52 heavy (non-hydrogen) atoms. The Morgan fingerprint density at radius 2 is 0.635 bits per heavy atom. The van der Waals surface area contributed by atoms with Crippen molar-refractivity contribution in [3.05, 3.63) is 65.4 Å². The zero-order chi connectivity index (χ0) is 36.7. The van der Waals surface area contributed by atoms with Crippen molar-refractivity contribution in [1.29, 1.82) is 0 Å². The van der Waals surface area contributed by atoms with Gasteiger partial charge in [0.25, 0.3) is 0 Å². The zero-order valence-electron chi connectivity index (χ0n) is 32.9. The molecule has 8 saturated carbocycles. The minimum Gasteiger partial charge on any atom is -0.0654 e. The Balaban J connectivity index is 1.37. The standard InChI is InChI=1S/C48H66Br4/c1-5-9-13-41-23-42(14-10-6-2)26-45(25-41,35-17-37(49)21-38(50)18-35)33-47(29-41,30-42)48-31-43(15-11-7-3)24-44(32-48,16-12-8-4)28-46(27-43,34-48)36-19-39(51)22-40(52)20-36/h17-22H,5-16,23-34H2,1-4H3. The Hall–Kier alpha value is 0.360. The van der Waals surface area contributed by atoms with Crippen LogP contribution in [0.1, 0.15) is 193 Å². The molecule has 0 nitrogen and oxygen atoms in total. The van der Waals surface area contributed by atoms with E-state index in [1.54, 1.807) is 11.1 Å². The van der Waals surface area contributed by atoms with Crippen molar-refractivity contribution in [2.45, 2.75) is 193 Å². The molecular formula is C48H66Br4. The number of benzene rings is 2. The maximum absolute atomic E-state index is 4.02. The van der Waals surface area contributed by atoms with Gasteiger partial charge >= 0.3 is 0 Å². The first-order valence-corrected chi connectivity index (χ1v) is 24.9. The highest BCUT2D eigenvalue weighted by Crippen LogP contribution is 2.87. The summed E-state index contributed by atoms with van der Waals surface area (Å²) in [7, 11) is 0. The van der Waals surface area contributed by atoms with Crippen molar-refractivity contribution in [3.8, 4) is 0 Å². The molecule has 0 radical (unpaired) electrons. The van der Waals surface area contributed by atoms with Gasteiger partial charge in [0.1, 0.15) is 0 Å². The smallest absolute Gasteiger partial charge is 0.0189 e. The molecule has 8 bridgehead atoms. The van der Waals surface area contributed by atoms with Gasteiger partial charge in [-0.25, -0.2) is 0 Å². The lowest BCUT2D eigenvalue weighted by Crippen LogP contribution is -2.72. The fourth-order valence-corrected chi connectivity index (χ4v) is 19.4. The summed E-state index contributed by atoms with van der Waals surface area (Å²) in [5.41, 5.74) is 6.66. The summed E-state index contributed by atoms with van der Waals surface area (Å²) in [6.45, 7) is 9.83. The molecule has 286 valence electrons. The average molecular weight is 963 g/mol. The summed E-state index contributed by atoms with van der Waals surface area (Å²) in [6, 6.07) is 14.9. The highest BCUT2D eigenvalue weighted by Gasteiger charge is 2.78. The van der Waals surface area contributed by atoms with Crippen molar-refractivity contribution in [3.63, 3.8) is 0 Å². The van der Waals surface area contributed by atoms with E-state index < -0.39 is 0 Å². The van der Waals surface area contributed by atoms with Crippen molar-refractivity contribution in [2.75, 3.05) is 0 Å². The van der Waals surface area contributed by atoms with Crippen LogP contribution in [-0.2, 0) is 10.8 Å². The van der Waals surface area contributed by atoms with Crippen LogP contribution in [0.25, 0.3) is 0 Å². The third-order valence-electron chi connectivity index (χ3n) is 16.9. The number of hydrogen-bond acceptors (Lipinski definition) is 0. The molecule has 8 fully saturated rings. The van der Waals surface area contributed by atoms with Crippen LogP contribution >= 0.6 is 63.7 Å². The Labute approximate surface area is 351 Å². The molecule has 10 rings (SSSR count). The monoisotopic (exact) mass is 958 g/mol. The van der Waals surface area contributed by atoms with E-state index in [1.165, 1.54) is 172 Å². The normalized spacial score (nSPS) is 41.3. The first-order valence-electron chi connectivity index (χ1n) is 21.7. The SMILES string of the molecule is CCCCC12CC3(CCCC)CC(c4cc(Br)cc(Br)c4)(C1)CC(C14CC5(CCCC)CC(CCCC)(CC(c6cc(Br)cc(Br)c6)(C5)C1)C4)(C2)C3. The molecule has 4 unspecified atom stereocenters. The highest BCUT2D eigenvalue weighted by molar-refractivity contribution is 9.11. The van der Waals surface area contributed by atoms with Gasteiger partial charge in [-0.2, -0.15) is 0 Å². The Morgan fingerprint density at radius 1 is 0.365 bits per heavy atom. The van der Waals surface area contributed by atoms with Gasteiger partial charge in [0, 0.05) is 17.9 Å². The molecular weight excluding hydrogens is 896 g/mol. The molecule has 0 N–H and O–H groups in total. The van der Waals surface area contributed by atoms with Crippen LogP contribution in [-0.4, -0.2) is 0 Å². The summed E-state index contributed by atoms with van der Waals surface area (Å²) in [5, 5.41) is 0. The van der Waals surface area contributed by atoms with Gasteiger partial charge in [0.2, 0.25) is 0 Å². The molecule has 4 atom stereocenters. The van der Waals surface area contributed by atoms with E-state index in [-0.39, 0.29) is 10.8 Å². The van der Waals surface area contributed by atoms with Crippen LogP contribution in [0, 0.1) is 32.5 Å². The first-order chi connectivity index (χ1) is 24.8. The second kappa shape index (κ2) is 14.0. The number of halogens is 4. The van der Waals surface area contributed by atoms with Crippen molar-refractivity contribution in [1.82, 2.24) is 0 Å². The summed E-state index contributed by atoms with van der Waals surface area (Å²) < 4.78 is 5.05. The van der Waals surface area contributed by atoms with Gasteiger partial charge in [-0.15, -0.1) is 0 Å². The van der Waals surface area contributed by atoms with Gasteiger partial charge in [-0.05, 0) is 194 Å². The van der Waals surface area contributed by atoms with E-state index in [1.807, 2.05) is 0 Å². The molecule has 8 aliphatic rings. The second-order valence-electron chi connectivity index (χ2n) is 21.0. The summed E-state index contributed by atoms with van der Waals surface area (Å²) in [5.74, 6) is 0. The largest absolute Gasteiger partial charge is 0.0654 e. The molecule has 0 aliphatic heterocycles. The predicted octanol–water partition coefficient (Wildman–Crippen LogP) is 17.4. The third kappa shape index (κ3) is 6.50. The fraction of sp³-hybridized carbons (Fsp3) is 0.750. The molecule has 4 heteroatoms. The average Bonchev–Trinajstić information content (AvgIpc) is 3.06. The molecule has 0 amide bonds. The maximum Gasteiger partial charge on any atom is 0.0189 e. The number of rotatable bonds is 15. The second-order valence-corrected chi connectivity index (χ2v) is 24.6. The van der Waals surface area contributed by atoms with E-state index in [0.29, 0.717) is 32.5 Å². The van der Waals surface area contributed by atoms with E-state index >= 15 is 0 Å². The topological polar surface area (TPSA) is 0 Å². The van der Waals surface area contributed by atoms with E-state index in [2.05, 4.69) is 128 Å².